The minimum Gasteiger partial charge on any atom is -0.487 e. The third-order valence-corrected chi connectivity index (χ3v) is 2.48. The summed E-state index contributed by atoms with van der Waals surface area (Å²) in [7, 11) is 0. The Bertz CT molecular complexity index is 367. The lowest BCUT2D eigenvalue weighted by atomic mass is 10.00. The highest BCUT2D eigenvalue weighted by Gasteiger charge is 2.31. The number of hydrogen-bond acceptors (Lipinski definition) is 2. The summed E-state index contributed by atoms with van der Waals surface area (Å²) < 4.78 is 5.82. The topological polar surface area (TPSA) is 26.3 Å². The van der Waals surface area contributed by atoms with Gasteiger partial charge in [0.1, 0.15) is 17.6 Å². The van der Waals surface area contributed by atoms with Crippen LogP contribution >= 0.6 is 0 Å². The van der Waals surface area contributed by atoms with Crippen molar-refractivity contribution < 1.29 is 9.53 Å². The van der Waals surface area contributed by atoms with Gasteiger partial charge in [0.2, 0.25) is 0 Å². The Balaban J connectivity index is 2.41. The number of carbonyl (C=O) groups is 1. The lowest BCUT2D eigenvalue weighted by Gasteiger charge is -2.17. The van der Waals surface area contributed by atoms with Crippen LogP contribution in [0.15, 0.2) is 18.2 Å². The molecule has 0 fully saturated rings. The highest BCUT2D eigenvalue weighted by atomic mass is 16.5. The van der Waals surface area contributed by atoms with Crippen molar-refractivity contribution in [3.63, 3.8) is 0 Å². The average Bonchev–Trinajstić information content (AvgIpc) is 2.41. The molecule has 1 aliphatic heterocycles. The molecular weight excluding hydrogens is 176 g/mol. The van der Waals surface area contributed by atoms with E-state index in [0.717, 1.165) is 24.0 Å². The summed E-state index contributed by atoms with van der Waals surface area (Å²) >= 11 is 0. The second-order valence-corrected chi connectivity index (χ2v) is 4.31. The minimum atomic E-state index is -0.124. The van der Waals surface area contributed by atoms with Crippen LogP contribution in [0, 0.1) is 0 Å². The zero-order chi connectivity index (χ0) is 10.2. The van der Waals surface area contributed by atoms with Crippen LogP contribution < -0.4 is 4.74 Å². The first-order valence-corrected chi connectivity index (χ1v) is 4.86. The van der Waals surface area contributed by atoms with Gasteiger partial charge < -0.3 is 9.53 Å². The van der Waals surface area contributed by atoms with Crippen LogP contribution in [-0.2, 0) is 17.6 Å². The highest BCUT2D eigenvalue weighted by molar-refractivity contribution is 5.59. The lowest BCUT2D eigenvalue weighted by molar-refractivity contribution is -0.107. The molecule has 0 amide bonds. The molecule has 0 saturated heterocycles. The average molecular weight is 190 g/mol. The monoisotopic (exact) mass is 190 g/mol. The molecule has 0 unspecified atom stereocenters. The summed E-state index contributed by atoms with van der Waals surface area (Å²) in [6.45, 7) is 4.13. The van der Waals surface area contributed by atoms with Gasteiger partial charge in [0, 0.05) is 18.4 Å². The standard InChI is InChI=1S/C12H14O2/c1-12(2)8-10-5-3-4-9(6-7-13)11(10)14-12/h3-5,7H,6,8H2,1-2H3. The van der Waals surface area contributed by atoms with Gasteiger partial charge in [0.15, 0.2) is 0 Å². The van der Waals surface area contributed by atoms with Crippen molar-refractivity contribution in [1.82, 2.24) is 0 Å². The molecule has 0 bridgehead atoms. The van der Waals surface area contributed by atoms with E-state index in [1.807, 2.05) is 12.1 Å². The third-order valence-electron chi connectivity index (χ3n) is 2.48. The van der Waals surface area contributed by atoms with Gasteiger partial charge in [0.05, 0.1) is 0 Å². The second-order valence-electron chi connectivity index (χ2n) is 4.31. The summed E-state index contributed by atoms with van der Waals surface area (Å²) in [6.07, 6.45) is 2.29. The van der Waals surface area contributed by atoms with Crippen molar-refractivity contribution >= 4 is 6.29 Å². The van der Waals surface area contributed by atoms with Crippen LogP contribution in [0.2, 0.25) is 0 Å². The fourth-order valence-electron chi connectivity index (χ4n) is 1.93. The normalized spacial score (nSPS) is 17.3. The van der Waals surface area contributed by atoms with E-state index in [0.29, 0.717) is 6.42 Å². The van der Waals surface area contributed by atoms with E-state index in [9.17, 15) is 4.79 Å². The molecule has 2 rings (SSSR count). The first-order valence-electron chi connectivity index (χ1n) is 4.86. The van der Waals surface area contributed by atoms with Gasteiger partial charge in [-0.1, -0.05) is 18.2 Å². The molecule has 1 aromatic rings. The zero-order valence-corrected chi connectivity index (χ0v) is 8.54. The van der Waals surface area contributed by atoms with Crippen molar-refractivity contribution in [2.24, 2.45) is 0 Å². The number of ether oxygens (including phenoxy) is 1. The highest BCUT2D eigenvalue weighted by Crippen LogP contribution is 2.37. The van der Waals surface area contributed by atoms with Crippen molar-refractivity contribution in [3.05, 3.63) is 29.3 Å². The molecule has 2 nitrogen and oxygen atoms in total. The molecule has 0 aliphatic carbocycles. The Morgan fingerprint density at radius 3 is 3.00 bits per heavy atom. The molecule has 1 heterocycles. The Morgan fingerprint density at radius 1 is 1.50 bits per heavy atom. The number of fused-ring (bicyclic) bond motifs is 1. The van der Waals surface area contributed by atoms with Gasteiger partial charge in [-0.25, -0.2) is 0 Å². The maximum Gasteiger partial charge on any atom is 0.127 e. The van der Waals surface area contributed by atoms with Crippen LogP contribution in [0.3, 0.4) is 0 Å². The number of carbonyl (C=O) groups excluding carboxylic acids is 1. The van der Waals surface area contributed by atoms with Crippen LogP contribution in [0.5, 0.6) is 5.75 Å². The molecular formula is C12H14O2. The largest absolute Gasteiger partial charge is 0.487 e. The summed E-state index contributed by atoms with van der Waals surface area (Å²) in [5.41, 5.74) is 2.10. The molecule has 0 radical (unpaired) electrons. The maximum absolute atomic E-state index is 10.5. The van der Waals surface area contributed by atoms with Crippen molar-refractivity contribution in [2.45, 2.75) is 32.3 Å². The molecule has 0 atom stereocenters. The van der Waals surface area contributed by atoms with Crippen molar-refractivity contribution in [3.8, 4) is 5.75 Å². The zero-order valence-electron chi connectivity index (χ0n) is 8.54. The van der Waals surface area contributed by atoms with Crippen LogP contribution in [0.25, 0.3) is 0 Å². The number of benzene rings is 1. The van der Waals surface area contributed by atoms with E-state index in [2.05, 4.69) is 19.9 Å². The first-order chi connectivity index (χ1) is 6.62. The quantitative estimate of drug-likeness (QED) is 0.668. The number of hydrogen-bond donors (Lipinski definition) is 0. The van der Waals surface area contributed by atoms with E-state index in [4.69, 9.17) is 4.74 Å². The number of para-hydroxylation sites is 1. The maximum atomic E-state index is 10.5. The van der Waals surface area contributed by atoms with Crippen LogP contribution in [0.1, 0.15) is 25.0 Å². The molecule has 0 spiro atoms. The molecule has 0 N–H and O–H groups in total. The Morgan fingerprint density at radius 2 is 2.29 bits per heavy atom. The van der Waals surface area contributed by atoms with Gasteiger partial charge in [0.25, 0.3) is 0 Å². The Labute approximate surface area is 83.9 Å². The summed E-state index contributed by atoms with van der Waals surface area (Å²) in [6, 6.07) is 6.01. The fourth-order valence-corrected chi connectivity index (χ4v) is 1.93. The second kappa shape index (κ2) is 3.12. The smallest absolute Gasteiger partial charge is 0.127 e. The van der Waals surface area contributed by atoms with E-state index in [1.54, 1.807) is 0 Å². The van der Waals surface area contributed by atoms with Gasteiger partial charge in [-0.2, -0.15) is 0 Å². The Kier molecular flexibility index (Phi) is 2.06. The summed E-state index contributed by atoms with van der Waals surface area (Å²) in [4.78, 5) is 10.5. The number of rotatable bonds is 2. The predicted molar refractivity (Wildman–Crippen MR) is 54.6 cm³/mol. The van der Waals surface area contributed by atoms with Gasteiger partial charge in [-0.3, -0.25) is 0 Å². The molecule has 2 heteroatoms. The Hall–Kier alpha value is -1.31. The third kappa shape index (κ3) is 1.52. The minimum absolute atomic E-state index is 0.124. The van der Waals surface area contributed by atoms with Gasteiger partial charge in [-0.05, 0) is 19.4 Å². The molecule has 1 aromatic carbocycles. The number of aldehydes is 1. The molecule has 0 saturated carbocycles. The first kappa shape index (κ1) is 9.25. The SMILES string of the molecule is CC1(C)Cc2cccc(CC=O)c2O1. The van der Waals surface area contributed by atoms with E-state index in [-0.39, 0.29) is 5.60 Å². The molecule has 14 heavy (non-hydrogen) atoms. The summed E-state index contributed by atoms with van der Waals surface area (Å²) in [5.74, 6) is 0.921. The summed E-state index contributed by atoms with van der Waals surface area (Å²) in [5, 5.41) is 0. The van der Waals surface area contributed by atoms with Crippen molar-refractivity contribution in [1.29, 1.82) is 0 Å². The fraction of sp³-hybridized carbons (Fsp3) is 0.417. The van der Waals surface area contributed by atoms with Gasteiger partial charge in [-0.15, -0.1) is 0 Å². The van der Waals surface area contributed by atoms with Crippen LogP contribution in [0.4, 0.5) is 0 Å². The molecule has 0 aromatic heterocycles. The van der Waals surface area contributed by atoms with Crippen molar-refractivity contribution in [2.75, 3.05) is 0 Å². The lowest BCUT2D eigenvalue weighted by Crippen LogP contribution is -2.24. The van der Waals surface area contributed by atoms with Crippen LogP contribution in [-0.4, -0.2) is 11.9 Å². The molecule has 74 valence electrons. The van der Waals surface area contributed by atoms with E-state index >= 15 is 0 Å². The van der Waals surface area contributed by atoms with Gasteiger partial charge >= 0.3 is 0 Å². The van der Waals surface area contributed by atoms with E-state index < -0.39 is 0 Å². The predicted octanol–water partition coefficient (Wildman–Crippen LogP) is 2.14. The molecule has 1 aliphatic rings. The van der Waals surface area contributed by atoms with E-state index in [1.165, 1.54) is 5.56 Å².